The Morgan fingerprint density at radius 1 is 1.14 bits per heavy atom. The van der Waals surface area contributed by atoms with Crippen molar-refractivity contribution in [2.75, 3.05) is 11.4 Å². The molecule has 1 aromatic rings. The number of para-hydroxylation sites is 1. The smallest absolute Gasteiger partial charge is 0.227 e. The Balaban J connectivity index is 2.01. The quantitative estimate of drug-likeness (QED) is 0.757. The molecule has 0 aliphatic heterocycles. The van der Waals surface area contributed by atoms with Gasteiger partial charge >= 0.3 is 0 Å². The number of carbonyl (C=O) groups is 1. The van der Waals surface area contributed by atoms with Crippen molar-refractivity contribution in [3.05, 3.63) is 30.3 Å². The largest absolute Gasteiger partial charge is 0.311 e. The standard InChI is InChI=1S/C18H24N2O/c19-13-8-14-20(17-11-6-3-7-12-17)18(21)15-16-9-4-1-2-5-10-16/h3,6-7,11-12,16H,1-2,4-5,8-10,14-15H2. The zero-order valence-electron chi connectivity index (χ0n) is 12.6. The minimum atomic E-state index is 0.170. The van der Waals surface area contributed by atoms with E-state index in [4.69, 9.17) is 5.26 Å². The van der Waals surface area contributed by atoms with Gasteiger partial charge < -0.3 is 4.90 Å². The highest BCUT2D eigenvalue weighted by molar-refractivity contribution is 5.93. The van der Waals surface area contributed by atoms with E-state index in [1.807, 2.05) is 30.3 Å². The van der Waals surface area contributed by atoms with Crippen molar-refractivity contribution in [1.82, 2.24) is 0 Å². The highest BCUT2D eigenvalue weighted by Gasteiger charge is 2.21. The first-order valence-corrected chi connectivity index (χ1v) is 8.03. The lowest BCUT2D eigenvalue weighted by Crippen LogP contribution is -2.33. The summed E-state index contributed by atoms with van der Waals surface area (Å²) < 4.78 is 0. The van der Waals surface area contributed by atoms with E-state index in [2.05, 4.69) is 6.07 Å². The van der Waals surface area contributed by atoms with Crippen molar-refractivity contribution in [1.29, 1.82) is 5.26 Å². The Morgan fingerprint density at radius 2 is 1.81 bits per heavy atom. The summed E-state index contributed by atoms with van der Waals surface area (Å²) in [7, 11) is 0. The van der Waals surface area contributed by atoms with Gasteiger partial charge in [0.1, 0.15) is 0 Å². The van der Waals surface area contributed by atoms with Crippen molar-refractivity contribution in [2.45, 2.75) is 51.4 Å². The maximum atomic E-state index is 12.6. The Hall–Kier alpha value is -1.82. The van der Waals surface area contributed by atoms with Gasteiger partial charge in [-0.1, -0.05) is 43.9 Å². The minimum Gasteiger partial charge on any atom is -0.311 e. The molecule has 0 bridgehead atoms. The molecular weight excluding hydrogens is 260 g/mol. The van der Waals surface area contributed by atoms with Crippen LogP contribution in [0.2, 0.25) is 0 Å². The van der Waals surface area contributed by atoms with Crippen LogP contribution < -0.4 is 4.90 Å². The zero-order valence-corrected chi connectivity index (χ0v) is 12.6. The van der Waals surface area contributed by atoms with Crippen LogP contribution in [0.5, 0.6) is 0 Å². The number of amides is 1. The van der Waals surface area contributed by atoms with E-state index >= 15 is 0 Å². The van der Waals surface area contributed by atoms with Gasteiger partial charge in [0.2, 0.25) is 5.91 Å². The van der Waals surface area contributed by atoms with Crippen LogP contribution >= 0.6 is 0 Å². The van der Waals surface area contributed by atoms with E-state index in [1.54, 1.807) is 4.90 Å². The Morgan fingerprint density at radius 3 is 2.43 bits per heavy atom. The average molecular weight is 284 g/mol. The van der Waals surface area contributed by atoms with Crippen LogP contribution in [0.3, 0.4) is 0 Å². The van der Waals surface area contributed by atoms with E-state index in [0.717, 1.165) is 5.69 Å². The molecule has 0 unspecified atom stereocenters. The fraction of sp³-hybridized carbons (Fsp3) is 0.556. The first-order chi connectivity index (χ1) is 10.3. The third-order valence-electron chi connectivity index (χ3n) is 4.25. The van der Waals surface area contributed by atoms with Crippen molar-refractivity contribution >= 4 is 11.6 Å². The van der Waals surface area contributed by atoms with Crippen LogP contribution in [0.15, 0.2) is 30.3 Å². The predicted octanol–water partition coefficient (Wildman–Crippen LogP) is 4.29. The molecule has 0 atom stereocenters. The molecule has 0 saturated heterocycles. The predicted molar refractivity (Wildman–Crippen MR) is 84.8 cm³/mol. The number of carbonyl (C=O) groups excluding carboxylic acids is 1. The summed E-state index contributed by atoms with van der Waals surface area (Å²) >= 11 is 0. The lowest BCUT2D eigenvalue weighted by Gasteiger charge is -2.24. The molecular formula is C18H24N2O. The van der Waals surface area contributed by atoms with Crippen LogP contribution in [0.25, 0.3) is 0 Å². The third-order valence-corrected chi connectivity index (χ3v) is 4.25. The van der Waals surface area contributed by atoms with Crippen molar-refractivity contribution in [3.63, 3.8) is 0 Å². The Labute approximate surface area is 127 Å². The number of hydrogen-bond donors (Lipinski definition) is 0. The first kappa shape index (κ1) is 15.6. The number of benzene rings is 1. The molecule has 0 N–H and O–H groups in total. The fourth-order valence-corrected chi connectivity index (χ4v) is 3.09. The Bertz CT molecular complexity index is 470. The van der Waals surface area contributed by atoms with Crippen molar-refractivity contribution in [3.8, 4) is 6.07 Å². The average Bonchev–Trinajstić information content (AvgIpc) is 2.77. The molecule has 1 fully saturated rings. The highest BCUT2D eigenvalue weighted by Crippen LogP contribution is 2.27. The summed E-state index contributed by atoms with van der Waals surface area (Å²) in [5.41, 5.74) is 0.909. The van der Waals surface area contributed by atoms with Gasteiger partial charge in [-0.15, -0.1) is 0 Å². The summed E-state index contributed by atoms with van der Waals surface area (Å²) in [5, 5.41) is 8.81. The second-order valence-electron chi connectivity index (χ2n) is 5.85. The van der Waals surface area contributed by atoms with E-state index < -0.39 is 0 Å². The van der Waals surface area contributed by atoms with Crippen molar-refractivity contribution < 1.29 is 4.79 Å². The molecule has 112 valence electrons. The number of anilines is 1. The van der Waals surface area contributed by atoms with Crippen LogP contribution in [-0.4, -0.2) is 12.5 Å². The van der Waals surface area contributed by atoms with Crippen molar-refractivity contribution in [2.24, 2.45) is 5.92 Å². The molecule has 1 saturated carbocycles. The van der Waals surface area contributed by atoms with Gasteiger partial charge in [0.25, 0.3) is 0 Å². The second-order valence-corrected chi connectivity index (χ2v) is 5.85. The molecule has 1 aromatic carbocycles. The molecule has 1 aliphatic carbocycles. The van der Waals surface area contributed by atoms with E-state index in [-0.39, 0.29) is 5.91 Å². The molecule has 21 heavy (non-hydrogen) atoms. The van der Waals surface area contributed by atoms with Gasteiger partial charge in [-0.05, 0) is 30.9 Å². The highest BCUT2D eigenvalue weighted by atomic mass is 16.2. The van der Waals surface area contributed by atoms with Gasteiger partial charge in [-0.2, -0.15) is 5.26 Å². The van der Waals surface area contributed by atoms with E-state index in [0.29, 0.717) is 25.3 Å². The molecule has 0 spiro atoms. The van der Waals surface area contributed by atoms with E-state index in [1.165, 1.54) is 38.5 Å². The summed E-state index contributed by atoms with van der Waals surface area (Å²) in [6, 6.07) is 11.9. The molecule has 3 heteroatoms. The normalized spacial score (nSPS) is 16.0. The fourth-order valence-electron chi connectivity index (χ4n) is 3.09. The van der Waals surface area contributed by atoms with Gasteiger partial charge in [0, 0.05) is 18.7 Å². The lowest BCUT2D eigenvalue weighted by atomic mass is 9.96. The van der Waals surface area contributed by atoms with Gasteiger partial charge in [-0.25, -0.2) is 0 Å². The summed E-state index contributed by atoms with van der Waals surface area (Å²) in [4.78, 5) is 14.4. The summed E-state index contributed by atoms with van der Waals surface area (Å²) in [6.07, 6.45) is 8.47. The monoisotopic (exact) mass is 284 g/mol. The molecule has 0 radical (unpaired) electrons. The SMILES string of the molecule is N#CCCN(C(=O)CC1CCCCCC1)c1ccccc1. The molecule has 0 heterocycles. The van der Waals surface area contributed by atoms with Gasteiger partial charge in [0.05, 0.1) is 12.5 Å². The molecule has 1 amide bonds. The number of nitrogens with zero attached hydrogens (tertiary/aromatic N) is 2. The number of hydrogen-bond acceptors (Lipinski definition) is 2. The minimum absolute atomic E-state index is 0.170. The maximum Gasteiger partial charge on any atom is 0.227 e. The molecule has 2 rings (SSSR count). The lowest BCUT2D eigenvalue weighted by molar-refractivity contribution is -0.119. The number of rotatable bonds is 5. The molecule has 3 nitrogen and oxygen atoms in total. The van der Waals surface area contributed by atoms with Gasteiger partial charge in [-0.3, -0.25) is 4.79 Å². The molecule has 0 aromatic heterocycles. The van der Waals surface area contributed by atoms with E-state index in [9.17, 15) is 4.79 Å². The molecule has 1 aliphatic rings. The van der Waals surface area contributed by atoms with Gasteiger partial charge in [0.15, 0.2) is 0 Å². The van der Waals surface area contributed by atoms with Crippen LogP contribution in [0.4, 0.5) is 5.69 Å². The number of nitriles is 1. The van der Waals surface area contributed by atoms with Crippen LogP contribution in [-0.2, 0) is 4.79 Å². The first-order valence-electron chi connectivity index (χ1n) is 8.03. The third kappa shape index (κ3) is 4.90. The summed E-state index contributed by atoms with van der Waals surface area (Å²) in [5.74, 6) is 0.691. The topological polar surface area (TPSA) is 44.1 Å². The van der Waals surface area contributed by atoms with Crippen LogP contribution in [0.1, 0.15) is 51.4 Å². The maximum absolute atomic E-state index is 12.6. The Kier molecular flexibility index (Phi) is 6.27. The van der Waals surface area contributed by atoms with Crippen LogP contribution in [0, 0.1) is 17.2 Å². The zero-order chi connectivity index (χ0) is 14.9. The second kappa shape index (κ2) is 8.46. The summed E-state index contributed by atoms with van der Waals surface area (Å²) in [6.45, 7) is 0.492.